The van der Waals surface area contributed by atoms with Gasteiger partial charge in [-0.2, -0.15) is 0 Å². The van der Waals surface area contributed by atoms with E-state index in [0.717, 1.165) is 51.7 Å². The first-order valence-corrected chi connectivity index (χ1v) is 10.9. The normalized spacial score (nSPS) is 22.2. The monoisotopic (exact) mass is 416 g/mol. The summed E-state index contributed by atoms with van der Waals surface area (Å²) < 4.78 is 32.1. The topological polar surface area (TPSA) is 89.5 Å². The molecule has 0 radical (unpaired) electrons. The van der Waals surface area contributed by atoms with E-state index >= 15 is 0 Å². The van der Waals surface area contributed by atoms with Crippen LogP contribution in [0.15, 0.2) is 0 Å². The van der Waals surface area contributed by atoms with Crippen molar-refractivity contribution >= 4 is 11.9 Å². The number of rotatable bonds is 14. The SMILES string of the molecule is O=C(CC(=O)OCCOCCC1CCCCO1)OCCOCCC1CCCCO1. The molecule has 168 valence electrons. The molecule has 0 saturated carbocycles. The lowest BCUT2D eigenvalue weighted by atomic mass is 10.1. The molecule has 2 fully saturated rings. The maximum absolute atomic E-state index is 11.6. The van der Waals surface area contributed by atoms with Crippen LogP contribution in [0.4, 0.5) is 0 Å². The number of esters is 2. The van der Waals surface area contributed by atoms with Gasteiger partial charge >= 0.3 is 11.9 Å². The summed E-state index contributed by atoms with van der Waals surface area (Å²) in [4.78, 5) is 23.2. The molecule has 0 aliphatic carbocycles. The van der Waals surface area contributed by atoms with Gasteiger partial charge in [-0.25, -0.2) is 0 Å². The fraction of sp³-hybridized carbons (Fsp3) is 0.905. The van der Waals surface area contributed by atoms with Gasteiger partial charge in [-0.3, -0.25) is 9.59 Å². The molecule has 0 N–H and O–H groups in total. The highest BCUT2D eigenvalue weighted by atomic mass is 16.6. The molecule has 8 heteroatoms. The fourth-order valence-corrected chi connectivity index (χ4v) is 3.35. The number of hydrogen-bond acceptors (Lipinski definition) is 8. The van der Waals surface area contributed by atoms with Gasteiger partial charge in [0.25, 0.3) is 0 Å². The first-order chi connectivity index (χ1) is 14.2. The molecule has 29 heavy (non-hydrogen) atoms. The van der Waals surface area contributed by atoms with Gasteiger partial charge in [-0.1, -0.05) is 0 Å². The average molecular weight is 417 g/mol. The maximum Gasteiger partial charge on any atom is 0.317 e. The molecule has 2 aliphatic rings. The van der Waals surface area contributed by atoms with Gasteiger partial charge in [-0.05, 0) is 51.4 Å². The molecule has 0 aromatic heterocycles. The number of carbonyl (C=O) groups excluding carboxylic acids is 2. The van der Waals surface area contributed by atoms with E-state index in [1.807, 2.05) is 0 Å². The third kappa shape index (κ3) is 12.2. The molecule has 2 heterocycles. The fourth-order valence-electron chi connectivity index (χ4n) is 3.35. The minimum Gasteiger partial charge on any atom is -0.463 e. The second-order valence-corrected chi connectivity index (χ2v) is 7.40. The van der Waals surface area contributed by atoms with Crippen molar-refractivity contribution in [2.45, 2.75) is 70.0 Å². The molecule has 2 aliphatic heterocycles. The predicted molar refractivity (Wildman–Crippen MR) is 105 cm³/mol. The zero-order valence-corrected chi connectivity index (χ0v) is 17.4. The Balaban J connectivity index is 1.34. The van der Waals surface area contributed by atoms with Crippen molar-refractivity contribution in [2.75, 3.05) is 52.9 Å². The highest BCUT2D eigenvalue weighted by molar-refractivity contribution is 5.91. The van der Waals surface area contributed by atoms with E-state index in [9.17, 15) is 9.59 Å². The largest absolute Gasteiger partial charge is 0.463 e. The Kier molecular flexibility index (Phi) is 12.9. The van der Waals surface area contributed by atoms with Crippen molar-refractivity contribution in [3.63, 3.8) is 0 Å². The lowest BCUT2D eigenvalue weighted by Crippen LogP contribution is -2.22. The molecular formula is C21H36O8. The number of ether oxygens (including phenoxy) is 6. The molecular weight excluding hydrogens is 380 g/mol. The molecule has 0 spiro atoms. The third-order valence-electron chi connectivity index (χ3n) is 4.99. The maximum atomic E-state index is 11.6. The van der Waals surface area contributed by atoms with Crippen molar-refractivity contribution < 1.29 is 38.0 Å². The molecule has 2 rings (SSSR count). The first-order valence-electron chi connectivity index (χ1n) is 10.9. The van der Waals surface area contributed by atoms with Crippen LogP contribution in [0.1, 0.15) is 57.8 Å². The minimum atomic E-state index is -0.607. The summed E-state index contributed by atoms with van der Waals surface area (Å²) in [6, 6.07) is 0. The Morgan fingerprint density at radius 3 is 1.55 bits per heavy atom. The van der Waals surface area contributed by atoms with Crippen molar-refractivity contribution in [1.29, 1.82) is 0 Å². The lowest BCUT2D eigenvalue weighted by molar-refractivity contribution is -0.156. The average Bonchev–Trinajstić information content (AvgIpc) is 2.74. The summed E-state index contributed by atoms with van der Waals surface area (Å²) in [5, 5.41) is 0. The van der Waals surface area contributed by atoms with Gasteiger partial charge in [0.2, 0.25) is 0 Å². The van der Waals surface area contributed by atoms with Crippen molar-refractivity contribution in [2.24, 2.45) is 0 Å². The van der Waals surface area contributed by atoms with Crippen LogP contribution in [-0.4, -0.2) is 77.0 Å². The summed E-state index contributed by atoms with van der Waals surface area (Å²) in [6.07, 6.45) is 8.74. The van der Waals surface area contributed by atoms with Gasteiger partial charge in [0.05, 0.1) is 25.4 Å². The lowest BCUT2D eigenvalue weighted by Gasteiger charge is -2.22. The van der Waals surface area contributed by atoms with Crippen LogP contribution in [0.2, 0.25) is 0 Å². The summed E-state index contributed by atoms with van der Waals surface area (Å²) in [6.45, 7) is 3.71. The molecule has 2 saturated heterocycles. The Morgan fingerprint density at radius 2 is 1.14 bits per heavy atom. The molecule has 0 bridgehead atoms. The highest BCUT2D eigenvalue weighted by Crippen LogP contribution is 2.16. The van der Waals surface area contributed by atoms with Gasteiger partial charge in [0, 0.05) is 26.4 Å². The zero-order chi connectivity index (χ0) is 20.6. The molecule has 0 aromatic carbocycles. The number of hydrogen-bond donors (Lipinski definition) is 0. The van der Waals surface area contributed by atoms with Gasteiger partial charge in [-0.15, -0.1) is 0 Å². The van der Waals surface area contributed by atoms with E-state index in [2.05, 4.69) is 0 Å². The van der Waals surface area contributed by atoms with E-state index in [1.54, 1.807) is 0 Å². The summed E-state index contributed by atoms with van der Waals surface area (Å²) in [7, 11) is 0. The second-order valence-electron chi connectivity index (χ2n) is 7.40. The van der Waals surface area contributed by atoms with Gasteiger partial charge < -0.3 is 28.4 Å². The Morgan fingerprint density at radius 1 is 0.655 bits per heavy atom. The Hall–Kier alpha value is -1.22. The zero-order valence-electron chi connectivity index (χ0n) is 17.4. The first kappa shape index (κ1) is 24.1. The van der Waals surface area contributed by atoms with Crippen molar-refractivity contribution in [3.8, 4) is 0 Å². The van der Waals surface area contributed by atoms with Gasteiger partial charge in [0.1, 0.15) is 19.6 Å². The smallest absolute Gasteiger partial charge is 0.317 e. The van der Waals surface area contributed by atoms with Gasteiger partial charge in [0.15, 0.2) is 0 Å². The van der Waals surface area contributed by atoms with E-state index in [0.29, 0.717) is 26.4 Å². The number of carbonyl (C=O) groups is 2. The van der Waals surface area contributed by atoms with E-state index in [4.69, 9.17) is 28.4 Å². The quantitative estimate of drug-likeness (QED) is 0.242. The van der Waals surface area contributed by atoms with E-state index in [1.165, 1.54) is 12.8 Å². The molecule has 0 amide bonds. The standard InChI is InChI=1S/C21H36O8/c22-20(28-15-13-24-11-7-18-5-1-3-9-26-18)17-21(23)29-16-14-25-12-8-19-6-2-4-10-27-19/h18-19H,1-17H2. The minimum absolute atomic E-state index is 0.129. The third-order valence-corrected chi connectivity index (χ3v) is 4.99. The highest BCUT2D eigenvalue weighted by Gasteiger charge is 2.15. The molecule has 2 unspecified atom stereocenters. The molecule has 2 atom stereocenters. The Labute approximate surface area is 173 Å². The van der Waals surface area contributed by atoms with Crippen molar-refractivity contribution in [3.05, 3.63) is 0 Å². The van der Waals surface area contributed by atoms with Crippen LogP contribution < -0.4 is 0 Å². The molecule has 8 nitrogen and oxygen atoms in total. The van der Waals surface area contributed by atoms with Crippen LogP contribution in [0.25, 0.3) is 0 Å². The van der Waals surface area contributed by atoms with Crippen LogP contribution >= 0.6 is 0 Å². The second kappa shape index (κ2) is 15.6. The van der Waals surface area contributed by atoms with E-state index in [-0.39, 0.29) is 25.4 Å². The predicted octanol–water partition coefficient (Wildman–Crippen LogP) is 2.41. The summed E-state index contributed by atoms with van der Waals surface area (Å²) in [5.41, 5.74) is 0. The summed E-state index contributed by atoms with van der Waals surface area (Å²) in [5.74, 6) is -1.21. The Bertz CT molecular complexity index is 404. The van der Waals surface area contributed by atoms with Crippen LogP contribution in [0.5, 0.6) is 0 Å². The van der Waals surface area contributed by atoms with Crippen molar-refractivity contribution in [1.82, 2.24) is 0 Å². The van der Waals surface area contributed by atoms with E-state index < -0.39 is 18.4 Å². The van der Waals surface area contributed by atoms with Crippen LogP contribution in [0.3, 0.4) is 0 Å². The summed E-state index contributed by atoms with van der Waals surface area (Å²) >= 11 is 0. The molecule has 0 aromatic rings. The van der Waals surface area contributed by atoms with Crippen LogP contribution in [-0.2, 0) is 38.0 Å². The van der Waals surface area contributed by atoms with Crippen LogP contribution in [0, 0.1) is 0 Å².